The summed E-state index contributed by atoms with van der Waals surface area (Å²) in [5.74, 6) is -0.931. The Kier molecular flexibility index (Phi) is 3.79. The van der Waals surface area contributed by atoms with Crippen LogP contribution < -0.4 is 0 Å². The Morgan fingerprint density at radius 1 is 1.00 bits per heavy atom. The topological polar surface area (TPSA) is 80.8 Å². The molecule has 0 aromatic heterocycles. The van der Waals surface area contributed by atoms with E-state index in [0.29, 0.717) is 17.4 Å². The van der Waals surface area contributed by atoms with Gasteiger partial charge in [0.05, 0.1) is 11.8 Å². The average molecular weight is 379 g/mol. The highest BCUT2D eigenvalue weighted by Gasteiger charge is 2.67. The number of amides is 2. The molecule has 0 spiro atoms. The lowest BCUT2D eigenvalue weighted by molar-refractivity contribution is -0.152. The number of carbonyl (C=O) groups is 4. The number of hydrogen-bond donors (Lipinski definition) is 0. The van der Waals surface area contributed by atoms with Gasteiger partial charge in [0.2, 0.25) is 11.8 Å². The first kappa shape index (κ1) is 17.3. The summed E-state index contributed by atoms with van der Waals surface area (Å²) in [6.07, 6.45) is 5.28. The molecule has 5 aliphatic rings. The summed E-state index contributed by atoms with van der Waals surface area (Å²) in [5, 5.41) is 0. The fourth-order valence-corrected chi connectivity index (χ4v) is 5.32. The van der Waals surface area contributed by atoms with Gasteiger partial charge in [-0.25, -0.2) is 0 Å². The zero-order valence-corrected chi connectivity index (χ0v) is 15.5. The molecule has 6 atom stereocenters. The third-order valence-corrected chi connectivity index (χ3v) is 6.78. The minimum absolute atomic E-state index is 0.126. The van der Waals surface area contributed by atoms with Crippen LogP contribution in [-0.2, 0) is 19.1 Å². The predicted molar refractivity (Wildman–Crippen MR) is 97.9 cm³/mol. The molecule has 1 aromatic rings. The van der Waals surface area contributed by atoms with E-state index in [0.717, 1.165) is 16.9 Å². The van der Waals surface area contributed by atoms with Gasteiger partial charge in [-0.1, -0.05) is 42.0 Å². The van der Waals surface area contributed by atoms with E-state index in [-0.39, 0.29) is 41.3 Å². The number of esters is 1. The number of nitrogens with zero attached hydrogens (tertiary/aromatic N) is 1. The van der Waals surface area contributed by atoms with E-state index in [2.05, 4.69) is 12.2 Å². The Labute approximate surface area is 162 Å². The van der Waals surface area contributed by atoms with Gasteiger partial charge >= 0.3 is 5.97 Å². The Balaban J connectivity index is 1.21. The summed E-state index contributed by atoms with van der Waals surface area (Å²) in [5.41, 5.74) is 1.49. The lowest BCUT2D eigenvalue weighted by atomic mass is 9.63. The third-order valence-electron chi connectivity index (χ3n) is 6.78. The van der Waals surface area contributed by atoms with E-state index in [1.54, 1.807) is 12.1 Å². The van der Waals surface area contributed by atoms with Gasteiger partial charge in [0, 0.05) is 5.56 Å². The van der Waals surface area contributed by atoms with Crippen molar-refractivity contribution in [3.8, 4) is 0 Å². The molecule has 3 fully saturated rings. The Bertz CT molecular complexity index is 881. The van der Waals surface area contributed by atoms with E-state index < -0.39 is 19.1 Å². The molecule has 2 bridgehead atoms. The van der Waals surface area contributed by atoms with Crippen molar-refractivity contribution in [3.63, 3.8) is 0 Å². The lowest BCUT2D eigenvalue weighted by Gasteiger charge is -2.37. The van der Waals surface area contributed by atoms with Crippen molar-refractivity contribution in [1.29, 1.82) is 0 Å². The smallest absolute Gasteiger partial charge is 0.326 e. The molecule has 0 N–H and O–H groups in total. The first-order chi connectivity index (χ1) is 13.5. The summed E-state index contributed by atoms with van der Waals surface area (Å²) in [4.78, 5) is 51.0. The number of aryl methyl sites for hydroxylation is 1. The second kappa shape index (κ2) is 6.12. The maximum Gasteiger partial charge on any atom is 0.326 e. The number of benzene rings is 1. The summed E-state index contributed by atoms with van der Waals surface area (Å²) in [7, 11) is 0. The first-order valence-corrected chi connectivity index (χ1v) is 9.75. The largest absolute Gasteiger partial charge is 0.456 e. The minimum Gasteiger partial charge on any atom is -0.456 e. The molecule has 0 unspecified atom stereocenters. The Hall–Kier alpha value is -2.76. The molecule has 4 aliphatic carbocycles. The van der Waals surface area contributed by atoms with Crippen LogP contribution in [-0.4, -0.2) is 41.6 Å². The molecule has 6 rings (SSSR count). The fourth-order valence-electron chi connectivity index (χ4n) is 5.32. The molecule has 1 aromatic carbocycles. The molecule has 2 amide bonds. The highest BCUT2D eigenvalue weighted by atomic mass is 16.5. The quantitative estimate of drug-likeness (QED) is 0.337. The van der Waals surface area contributed by atoms with E-state index in [1.807, 2.05) is 19.1 Å². The fraction of sp³-hybridized carbons (Fsp3) is 0.455. The van der Waals surface area contributed by atoms with Gasteiger partial charge < -0.3 is 4.74 Å². The van der Waals surface area contributed by atoms with Gasteiger partial charge in [-0.3, -0.25) is 24.1 Å². The third kappa shape index (κ3) is 2.54. The summed E-state index contributed by atoms with van der Waals surface area (Å²) < 4.78 is 5.05. The van der Waals surface area contributed by atoms with Crippen LogP contribution in [0.2, 0.25) is 0 Å². The Morgan fingerprint density at radius 3 is 2.14 bits per heavy atom. The maximum absolute atomic E-state index is 12.8. The normalized spacial score (nSPS) is 34.2. The van der Waals surface area contributed by atoms with Gasteiger partial charge in [-0.2, -0.15) is 0 Å². The number of allylic oxidation sites excluding steroid dienone is 2. The first-order valence-electron chi connectivity index (χ1n) is 9.75. The van der Waals surface area contributed by atoms with Crippen LogP contribution in [0.4, 0.5) is 0 Å². The number of likely N-dealkylation sites (tertiary alicyclic amines) is 1. The van der Waals surface area contributed by atoms with E-state index in [9.17, 15) is 19.2 Å². The van der Waals surface area contributed by atoms with Crippen molar-refractivity contribution in [1.82, 2.24) is 4.90 Å². The van der Waals surface area contributed by atoms with Gasteiger partial charge in [-0.15, -0.1) is 0 Å². The van der Waals surface area contributed by atoms with Crippen LogP contribution in [0.5, 0.6) is 0 Å². The molecular formula is C22H21NO5. The van der Waals surface area contributed by atoms with Crippen LogP contribution in [0.1, 0.15) is 22.3 Å². The van der Waals surface area contributed by atoms with Crippen molar-refractivity contribution >= 4 is 23.6 Å². The summed E-state index contributed by atoms with van der Waals surface area (Å²) in [6, 6.07) is 6.98. The molecular weight excluding hydrogens is 358 g/mol. The van der Waals surface area contributed by atoms with Crippen molar-refractivity contribution < 1.29 is 23.9 Å². The monoisotopic (exact) mass is 379 g/mol. The molecule has 6 nitrogen and oxygen atoms in total. The number of imide groups is 1. The van der Waals surface area contributed by atoms with E-state index in [4.69, 9.17) is 4.74 Å². The number of hydrogen-bond acceptors (Lipinski definition) is 5. The predicted octanol–water partition coefficient (Wildman–Crippen LogP) is 1.77. The highest BCUT2D eigenvalue weighted by molar-refractivity contribution is 6.08. The number of carbonyl (C=O) groups excluding carboxylic acids is 4. The van der Waals surface area contributed by atoms with Crippen LogP contribution in [0.3, 0.4) is 0 Å². The molecule has 1 aliphatic heterocycles. The van der Waals surface area contributed by atoms with Crippen LogP contribution in [0, 0.1) is 42.4 Å². The van der Waals surface area contributed by atoms with Crippen molar-refractivity contribution in [2.75, 3.05) is 13.2 Å². The van der Waals surface area contributed by atoms with Crippen LogP contribution in [0.15, 0.2) is 36.4 Å². The zero-order valence-electron chi connectivity index (χ0n) is 15.5. The van der Waals surface area contributed by atoms with Crippen LogP contribution >= 0.6 is 0 Å². The van der Waals surface area contributed by atoms with Gasteiger partial charge in [0.1, 0.15) is 6.54 Å². The minimum atomic E-state index is -0.730. The summed E-state index contributed by atoms with van der Waals surface area (Å²) >= 11 is 0. The zero-order chi connectivity index (χ0) is 19.6. The lowest BCUT2D eigenvalue weighted by Crippen LogP contribution is -2.40. The highest BCUT2D eigenvalue weighted by Crippen LogP contribution is 2.65. The van der Waals surface area contributed by atoms with Gasteiger partial charge in [-0.05, 0) is 37.0 Å². The van der Waals surface area contributed by atoms with Crippen molar-refractivity contribution in [2.45, 2.75) is 13.3 Å². The van der Waals surface area contributed by atoms with Gasteiger partial charge in [0.15, 0.2) is 12.4 Å². The second-order valence-electron chi connectivity index (χ2n) is 8.37. The number of ketones is 1. The molecule has 1 heterocycles. The number of rotatable bonds is 5. The number of Topliss-reactive ketones (excluding diaryl/α,β-unsaturated/α-hetero) is 1. The van der Waals surface area contributed by atoms with Gasteiger partial charge in [0.25, 0.3) is 0 Å². The van der Waals surface area contributed by atoms with E-state index >= 15 is 0 Å². The molecule has 28 heavy (non-hydrogen) atoms. The molecule has 0 radical (unpaired) electrons. The summed E-state index contributed by atoms with van der Waals surface area (Å²) in [6.45, 7) is 1.10. The molecule has 6 heteroatoms. The maximum atomic E-state index is 12.8. The Morgan fingerprint density at radius 2 is 1.57 bits per heavy atom. The van der Waals surface area contributed by atoms with Crippen LogP contribution in [0.25, 0.3) is 0 Å². The standard InChI is InChI=1S/C22H21NO5/c1-11-2-4-12(5-3-11)17(24)10-28-18(25)9-23-21(26)19-13-6-7-14(16-8-15(13)16)20(19)22(23)27/h2-7,13-16,19-20H,8-10H2,1H3/t13-,14+,15-,16-,19+,20+/m1/s1. The van der Waals surface area contributed by atoms with E-state index in [1.165, 1.54) is 0 Å². The molecule has 2 saturated carbocycles. The second-order valence-corrected chi connectivity index (χ2v) is 8.37. The van der Waals surface area contributed by atoms with Crippen molar-refractivity contribution in [3.05, 3.63) is 47.5 Å². The number of ether oxygens (including phenoxy) is 1. The molecule has 144 valence electrons. The SMILES string of the molecule is Cc1ccc(C(=O)COC(=O)CN2C(=O)[C@H]3[C@@H]4C=C[C@@H]([C@H]5C[C@H]45)[C@@H]3C2=O)cc1. The molecule has 1 saturated heterocycles. The average Bonchev–Trinajstić information content (AvgIpc) is 3.48. The van der Waals surface area contributed by atoms with Crippen molar-refractivity contribution in [2.24, 2.45) is 35.5 Å².